The van der Waals surface area contributed by atoms with E-state index in [1.165, 1.54) is 0 Å². The van der Waals surface area contributed by atoms with E-state index >= 15 is 0 Å². The minimum Gasteiger partial charge on any atom is -0.249 e. The van der Waals surface area contributed by atoms with Gasteiger partial charge >= 0.3 is 0 Å². The highest BCUT2D eigenvalue weighted by Crippen LogP contribution is 2.25. The number of hydrogen-bond acceptors (Lipinski definition) is 2. The topological polar surface area (TPSA) is 40.9 Å². The maximum atomic E-state index is 12.6. The van der Waals surface area contributed by atoms with Gasteiger partial charge in [-0.1, -0.05) is 35.9 Å². The molecule has 0 heterocycles. The maximum absolute atomic E-state index is 12.6. The van der Waals surface area contributed by atoms with Crippen LogP contribution in [0, 0.1) is 18.3 Å². The summed E-state index contributed by atoms with van der Waals surface area (Å²) in [4.78, 5) is 1.49. The molecule has 0 spiro atoms. The summed E-state index contributed by atoms with van der Waals surface area (Å²) in [5, 5.41) is 9.05. The lowest BCUT2D eigenvalue weighted by Gasteiger charge is -2.10. The van der Waals surface area contributed by atoms with E-state index in [9.17, 15) is 4.21 Å². The predicted octanol–water partition coefficient (Wildman–Crippen LogP) is 3.79. The molecule has 2 aromatic rings. The maximum Gasteiger partial charge on any atom is 0.0852 e. The third kappa shape index (κ3) is 2.91. The van der Waals surface area contributed by atoms with Crippen LogP contribution in [0.25, 0.3) is 0 Å². The first kappa shape index (κ1) is 13.5. The highest BCUT2D eigenvalue weighted by molar-refractivity contribution is 7.85. The summed E-state index contributed by atoms with van der Waals surface area (Å²) in [5.74, 6) is -0.259. The van der Waals surface area contributed by atoms with E-state index in [1.807, 2.05) is 62.4 Å². The van der Waals surface area contributed by atoms with Gasteiger partial charge in [-0.25, -0.2) is 4.21 Å². The van der Waals surface area contributed by atoms with Crippen LogP contribution in [0.1, 0.15) is 24.0 Å². The largest absolute Gasteiger partial charge is 0.249 e. The van der Waals surface area contributed by atoms with E-state index in [4.69, 9.17) is 5.26 Å². The van der Waals surface area contributed by atoms with E-state index in [2.05, 4.69) is 6.07 Å². The molecular weight excluding hydrogens is 254 g/mol. The normalized spacial score (nSPS) is 13.5. The van der Waals surface area contributed by atoms with Crippen LogP contribution in [0.4, 0.5) is 0 Å². The van der Waals surface area contributed by atoms with Gasteiger partial charge in [0, 0.05) is 9.79 Å². The van der Waals surface area contributed by atoms with E-state index in [0.29, 0.717) is 0 Å². The van der Waals surface area contributed by atoms with Crippen molar-refractivity contribution in [3.63, 3.8) is 0 Å². The molecule has 0 aliphatic carbocycles. The van der Waals surface area contributed by atoms with Crippen molar-refractivity contribution in [1.82, 2.24) is 0 Å². The Labute approximate surface area is 116 Å². The first-order valence-electron chi connectivity index (χ1n) is 6.10. The second-order valence-corrected chi connectivity index (χ2v) is 5.92. The molecule has 2 unspecified atom stereocenters. The van der Waals surface area contributed by atoms with Gasteiger partial charge in [0.25, 0.3) is 0 Å². The van der Waals surface area contributed by atoms with Crippen molar-refractivity contribution in [2.45, 2.75) is 29.6 Å². The van der Waals surface area contributed by atoms with Crippen LogP contribution in [-0.2, 0) is 10.8 Å². The third-order valence-corrected chi connectivity index (χ3v) is 4.49. The minimum absolute atomic E-state index is 0.259. The molecule has 2 aromatic carbocycles. The van der Waals surface area contributed by atoms with E-state index in [0.717, 1.165) is 20.9 Å². The molecule has 19 heavy (non-hydrogen) atoms. The summed E-state index contributed by atoms with van der Waals surface area (Å²) in [7, 11) is -1.24. The van der Waals surface area contributed by atoms with Crippen molar-refractivity contribution in [3.05, 3.63) is 59.7 Å². The molecule has 0 radical (unpaired) electrons. The Bertz CT molecular complexity index is 641. The van der Waals surface area contributed by atoms with E-state index < -0.39 is 10.8 Å². The molecule has 0 aliphatic heterocycles. The van der Waals surface area contributed by atoms with Crippen molar-refractivity contribution in [3.8, 4) is 6.07 Å². The quantitative estimate of drug-likeness (QED) is 0.850. The lowest BCUT2D eigenvalue weighted by molar-refractivity contribution is 0.681. The lowest BCUT2D eigenvalue weighted by atomic mass is 10.0. The molecule has 0 bridgehead atoms. The number of nitriles is 1. The summed E-state index contributed by atoms with van der Waals surface area (Å²) in [6.07, 6.45) is 0. The molecule has 0 amide bonds. The van der Waals surface area contributed by atoms with Gasteiger partial charge in [-0.15, -0.1) is 0 Å². The highest BCUT2D eigenvalue weighted by Gasteiger charge is 2.15. The summed E-state index contributed by atoms with van der Waals surface area (Å²) in [6, 6.07) is 17.3. The summed E-state index contributed by atoms with van der Waals surface area (Å²) in [6.45, 7) is 3.82. The number of aryl methyl sites for hydroxylation is 1. The highest BCUT2D eigenvalue weighted by atomic mass is 32.2. The average molecular weight is 269 g/mol. The predicted molar refractivity (Wildman–Crippen MR) is 76.3 cm³/mol. The zero-order chi connectivity index (χ0) is 13.8. The van der Waals surface area contributed by atoms with Gasteiger partial charge in [0.15, 0.2) is 0 Å². The molecule has 0 aliphatic rings. The summed E-state index contributed by atoms with van der Waals surface area (Å²) >= 11 is 0. The molecular formula is C16H15NOS. The Hall–Kier alpha value is -1.92. The SMILES string of the molecule is Cc1ccc(S(=O)c2ccccc2C(C)C#N)cc1. The lowest BCUT2D eigenvalue weighted by Crippen LogP contribution is -2.00. The van der Waals surface area contributed by atoms with Crippen LogP contribution in [0.15, 0.2) is 58.3 Å². The van der Waals surface area contributed by atoms with Crippen LogP contribution < -0.4 is 0 Å². The Kier molecular flexibility index (Phi) is 4.13. The fourth-order valence-corrected chi connectivity index (χ4v) is 3.16. The van der Waals surface area contributed by atoms with Crippen molar-refractivity contribution in [1.29, 1.82) is 5.26 Å². The van der Waals surface area contributed by atoms with Crippen LogP contribution >= 0.6 is 0 Å². The fourth-order valence-electron chi connectivity index (χ4n) is 1.87. The second-order valence-electron chi connectivity index (χ2n) is 4.47. The monoisotopic (exact) mass is 269 g/mol. The first-order chi connectivity index (χ1) is 9.13. The van der Waals surface area contributed by atoms with Gasteiger partial charge in [0.05, 0.1) is 22.8 Å². The van der Waals surface area contributed by atoms with Gasteiger partial charge in [0.2, 0.25) is 0 Å². The molecule has 0 fully saturated rings. The van der Waals surface area contributed by atoms with Gasteiger partial charge in [-0.05, 0) is 37.6 Å². The van der Waals surface area contributed by atoms with Gasteiger partial charge in [-0.3, -0.25) is 0 Å². The van der Waals surface area contributed by atoms with Crippen LogP contribution in [-0.4, -0.2) is 4.21 Å². The Morgan fingerprint density at radius 3 is 2.37 bits per heavy atom. The number of benzene rings is 2. The molecule has 0 saturated carbocycles. The Morgan fingerprint density at radius 2 is 1.74 bits per heavy atom. The van der Waals surface area contributed by atoms with Crippen LogP contribution in [0.5, 0.6) is 0 Å². The zero-order valence-electron chi connectivity index (χ0n) is 11.0. The van der Waals surface area contributed by atoms with Gasteiger partial charge < -0.3 is 0 Å². The number of hydrogen-bond donors (Lipinski definition) is 0. The van der Waals surface area contributed by atoms with Crippen molar-refractivity contribution in [2.75, 3.05) is 0 Å². The smallest absolute Gasteiger partial charge is 0.0852 e. The van der Waals surface area contributed by atoms with Crippen molar-refractivity contribution < 1.29 is 4.21 Å². The molecule has 2 nitrogen and oxygen atoms in total. The van der Waals surface area contributed by atoms with Crippen LogP contribution in [0.3, 0.4) is 0 Å². The first-order valence-corrected chi connectivity index (χ1v) is 7.25. The molecule has 2 rings (SSSR count). The molecule has 0 aromatic heterocycles. The second kappa shape index (κ2) is 5.81. The Balaban J connectivity index is 2.45. The van der Waals surface area contributed by atoms with E-state index in [1.54, 1.807) is 0 Å². The zero-order valence-corrected chi connectivity index (χ0v) is 11.8. The minimum atomic E-state index is -1.24. The summed E-state index contributed by atoms with van der Waals surface area (Å²) < 4.78 is 12.6. The van der Waals surface area contributed by atoms with Crippen LogP contribution in [0.2, 0.25) is 0 Å². The molecule has 2 atom stereocenters. The molecule has 0 N–H and O–H groups in total. The Morgan fingerprint density at radius 1 is 1.11 bits per heavy atom. The van der Waals surface area contributed by atoms with E-state index in [-0.39, 0.29) is 5.92 Å². The molecule has 0 saturated heterocycles. The van der Waals surface area contributed by atoms with Crippen molar-refractivity contribution >= 4 is 10.8 Å². The average Bonchev–Trinajstić information content (AvgIpc) is 2.46. The van der Waals surface area contributed by atoms with Gasteiger partial charge in [0.1, 0.15) is 0 Å². The van der Waals surface area contributed by atoms with Gasteiger partial charge in [-0.2, -0.15) is 5.26 Å². The summed E-state index contributed by atoms with van der Waals surface area (Å²) in [5.41, 5.74) is 1.98. The number of nitrogens with zero attached hydrogens (tertiary/aromatic N) is 1. The number of rotatable bonds is 3. The molecule has 96 valence electrons. The molecule has 3 heteroatoms. The third-order valence-electron chi connectivity index (χ3n) is 3.01. The fraction of sp³-hybridized carbons (Fsp3) is 0.188. The standard InChI is InChI=1S/C16H15NOS/c1-12-7-9-14(10-8-12)19(18)16-6-4-3-5-15(16)13(2)11-17/h3-10,13H,1-2H3. The van der Waals surface area contributed by atoms with Crippen molar-refractivity contribution in [2.24, 2.45) is 0 Å².